The summed E-state index contributed by atoms with van der Waals surface area (Å²) in [6, 6.07) is 0. The molecule has 2 N–H and O–H groups in total. The molecule has 1 atom stereocenters. The molecular formula is C13H25N3O. The number of nitrogens with zero attached hydrogens (tertiary/aromatic N) is 2. The van der Waals surface area contributed by atoms with Crippen LogP contribution in [0.5, 0.6) is 0 Å². The summed E-state index contributed by atoms with van der Waals surface area (Å²) in [7, 11) is 1.74. The Morgan fingerprint density at radius 1 is 1.41 bits per heavy atom. The van der Waals surface area contributed by atoms with Gasteiger partial charge in [0.25, 0.3) is 0 Å². The lowest BCUT2D eigenvalue weighted by Crippen LogP contribution is -2.21. The monoisotopic (exact) mass is 239 g/mol. The van der Waals surface area contributed by atoms with E-state index in [-0.39, 0.29) is 0 Å². The molecule has 1 rings (SSSR count). The molecular weight excluding hydrogens is 214 g/mol. The third-order valence-electron chi connectivity index (χ3n) is 3.18. The second kappa shape index (κ2) is 7.45. The van der Waals surface area contributed by atoms with E-state index in [9.17, 15) is 0 Å². The van der Waals surface area contributed by atoms with Crippen molar-refractivity contribution in [2.24, 2.45) is 11.7 Å². The molecule has 4 heteroatoms. The van der Waals surface area contributed by atoms with Crippen molar-refractivity contribution in [3.63, 3.8) is 0 Å². The minimum atomic E-state index is 0.403. The summed E-state index contributed by atoms with van der Waals surface area (Å²) in [6.07, 6.45) is 6.07. The van der Waals surface area contributed by atoms with E-state index in [4.69, 9.17) is 10.5 Å². The standard InChI is InChI=1S/C13H25N3O/c1-11(2)12(8-14)13-9-15-10-16(13)6-4-5-7-17-3/h9-12H,4-8,14H2,1-3H3. The largest absolute Gasteiger partial charge is 0.385 e. The quantitative estimate of drug-likeness (QED) is 0.706. The van der Waals surface area contributed by atoms with Gasteiger partial charge in [-0.3, -0.25) is 0 Å². The third-order valence-corrected chi connectivity index (χ3v) is 3.18. The SMILES string of the molecule is COCCCCn1cncc1C(CN)C(C)C. The molecule has 98 valence electrons. The highest BCUT2D eigenvalue weighted by Gasteiger charge is 2.17. The number of ether oxygens (including phenoxy) is 1. The molecule has 0 spiro atoms. The molecule has 1 unspecified atom stereocenters. The molecule has 0 aliphatic heterocycles. The van der Waals surface area contributed by atoms with Crippen molar-refractivity contribution < 1.29 is 4.74 Å². The van der Waals surface area contributed by atoms with Crippen molar-refractivity contribution in [3.05, 3.63) is 18.2 Å². The van der Waals surface area contributed by atoms with E-state index in [1.54, 1.807) is 7.11 Å². The van der Waals surface area contributed by atoms with Crippen LogP contribution in [0.15, 0.2) is 12.5 Å². The van der Waals surface area contributed by atoms with Gasteiger partial charge >= 0.3 is 0 Å². The maximum absolute atomic E-state index is 5.85. The Balaban J connectivity index is 2.58. The van der Waals surface area contributed by atoms with Gasteiger partial charge in [0.05, 0.1) is 6.33 Å². The second-order valence-electron chi connectivity index (χ2n) is 4.80. The normalized spacial score (nSPS) is 13.2. The zero-order valence-corrected chi connectivity index (χ0v) is 11.2. The summed E-state index contributed by atoms with van der Waals surface area (Å²) in [5.41, 5.74) is 7.11. The summed E-state index contributed by atoms with van der Waals surface area (Å²) in [5, 5.41) is 0. The Bertz CT molecular complexity index is 309. The molecule has 1 heterocycles. The average molecular weight is 239 g/mol. The van der Waals surface area contributed by atoms with E-state index >= 15 is 0 Å². The van der Waals surface area contributed by atoms with Gasteiger partial charge in [0, 0.05) is 44.6 Å². The number of aryl methyl sites for hydroxylation is 1. The van der Waals surface area contributed by atoms with Crippen molar-refractivity contribution in [1.29, 1.82) is 0 Å². The first kappa shape index (κ1) is 14.2. The Kier molecular flexibility index (Phi) is 6.22. The molecule has 0 aliphatic rings. The molecule has 0 amide bonds. The third kappa shape index (κ3) is 4.13. The summed E-state index contributed by atoms with van der Waals surface area (Å²) in [4.78, 5) is 4.25. The van der Waals surface area contributed by atoms with Gasteiger partial charge in [0.2, 0.25) is 0 Å². The molecule has 1 aromatic heterocycles. The van der Waals surface area contributed by atoms with Crippen LogP contribution in [-0.4, -0.2) is 29.8 Å². The minimum absolute atomic E-state index is 0.403. The highest BCUT2D eigenvalue weighted by atomic mass is 16.5. The number of unbranched alkanes of at least 4 members (excludes halogenated alkanes) is 1. The molecule has 4 nitrogen and oxygen atoms in total. The zero-order chi connectivity index (χ0) is 12.7. The first-order valence-corrected chi connectivity index (χ1v) is 6.39. The second-order valence-corrected chi connectivity index (χ2v) is 4.80. The van der Waals surface area contributed by atoms with E-state index in [0.29, 0.717) is 18.4 Å². The van der Waals surface area contributed by atoms with E-state index in [2.05, 4.69) is 23.4 Å². The maximum Gasteiger partial charge on any atom is 0.0948 e. The van der Waals surface area contributed by atoms with Crippen LogP contribution in [0.4, 0.5) is 0 Å². The maximum atomic E-state index is 5.85. The first-order chi connectivity index (χ1) is 8.20. The van der Waals surface area contributed by atoms with Crippen LogP contribution in [0.3, 0.4) is 0 Å². The molecule has 0 bridgehead atoms. The number of hydrogen-bond acceptors (Lipinski definition) is 3. The van der Waals surface area contributed by atoms with Crippen LogP contribution in [0.25, 0.3) is 0 Å². The molecule has 0 fully saturated rings. The number of methoxy groups -OCH3 is 1. The van der Waals surface area contributed by atoms with Crippen LogP contribution in [0.2, 0.25) is 0 Å². The van der Waals surface area contributed by atoms with Crippen molar-refractivity contribution in [3.8, 4) is 0 Å². The first-order valence-electron chi connectivity index (χ1n) is 6.39. The van der Waals surface area contributed by atoms with Crippen LogP contribution in [-0.2, 0) is 11.3 Å². The van der Waals surface area contributed by atoms with Gasteiger partial charge < -0.3 is 15.0 Å². The summed E-state index contributed by atoms with van der Waals surface area (Å²) in [6.45, 7) is 6.93. The molecule has 0 aliphatic carbocycles. The Hall–Kier alpha value is -0.870. The number of aromatic nitrogens is 2. The Morgan fingerprint density at radius 3 is 2.76 bits per heavy atom. The molecule has 0 radical (unpaired) electrons. The fourth-order valence-electron chi connectivity index (χ4n) is 2.09. The summed E-state index contributed by atoms with van der Waals surface area (Å²) >= 11 is 0. The van der Waals surface area contributed by atoms with Gasteiger partial charge in [0.1, 0.15) is 0 Å². The van der Waals surface area contributed by atoms with Gasteiger partial charge in [-0.05, 0) is 18.8 Å². The lowest BCUT2D eigenvalue weighted by Gasteiger charge is -2.20. The van der Waals surface area contributed by atoms with E-state index < -0.39 is 0 Å². The average Bonchev–Trinajstić information content (AvgIpc) is 2.73. The number of rotatable bonds is 8. The number of nitrogens with two attached hydrogens (primary N) is 1. The van der Waals surface area contributed by atoms with E-state index in [1.807, 2.05) is 12.5 Å². The lowest BCUT2D eigenvalue weighted by molar-refractivity contribution is 0.191. The van der Waals surface area contributed by atoms with Crippen molar-refractivity contribution >= 4 is 0 Å². The van der Waals surface area contributed by atoms with Crippen LogP contribution < -0.4 is 5.73 Å². The molecule has 0 saturated carbocycles. The van der Waals surface area contributed by atoms with Crippen molar-refractivity contribution in [2.75, 3.05) is 20.3 Å². The number of hydrogen-bond donors (Lipinski definition) is 1. The lowest BCUT2D eigenvalue weighted by atomic mass is 9.93. The molecule has 0 aromatic carbocycles. The topological polar surface area (TPSA) is 53.1 Å². The smallest absolute Gasteiger partial charge is 0.0948 e. The Morgan fingerprint density at radius 2 is 2.18 bits per heavy atom. The predicted molar refractivity (Wildman–Crippen MR) is 70.0 cm³/mol. The van der Waals surface area contributed by atoms with Crippen LogP contribution in [0, 0.1) is 5.92 Å². The van der Waals surface area contributed by atoms with Crippen molar-refractivity contribution in [2.45, 2.75) is 39.2 Å². The number of imidazole rings is 1. The van der Waals surface area contributed by atoms with E-state index in [1.165, 1.54) is 5.69 Å². The predicted octanol–water partition coefficient (Wildman–Crippen LogP) is 2.01. The summed E-state index contributed by atoms with van der Waals surface area (Å²) < 4.78 is 7.28. The zero-order valence-electron chi connectivity index (χ0n) is 11.2. The van der Waals surface area contributed by atoms with E-state index in [0.717, 1.165) is 26.0 Å². The van der Waals surface area contributed by atoms with Gasteiger partial charge in [-0.15, -0.1) is 0 Å². The Labute approximate surface area is 104 Å². The highest BCUT2D eigenvalue weighted by molar-refractivity contribution is 5.08. The highest BCUT2D eigenvalue weighted by Crippen LogP contribution is 2.23. The fraction of sp³-hybridized carbons (Fsp3) is 0.769. The van der Waals surface area contributed by atoms with Crippen LogP contribution in [0.1, 0.15) is 38.3 Å². The van der Waals surface area contributed by atoms with Crippen molar-refractivity contribution in [1.82, 2.24) is 9.55 Å². The minimum Gasteiger partial charge on any atom is -0.385 e. The van der Waals surface area contributed by atoms with Gasteiger partial charge in [-0.25, -0.2) is 4.98 Å². The van der Waals surface area contributed by atoms with Gasteiger partial charge in [-0.2, -0.15) is 0 Å². The molecule has 17 heavy (non-hydrogen) atoms. The van der Waals surface area contributed by atoms with Gasteiger partial charge in [0.15, 0.2) is 0 Å². The van der Waals surface area contributed by atoms with Crippen LogP contribution >= 0.6 is 0 Å². The molecule has 0 saturated heterocycles. The van der Waals surface area contributed by atoms with Gasteiger partial charge in [-0.1, -0.05) is 13.8 Å². The summed E-state index contributed by atoms with van der Waals surface area (Å²) in [5.74, 6) is 0.953. The molecule has 1 aromatic rings. The fourth-order valence-corrected chi connectivity index (χ4v) is 2.09.